The smallest absolute Gasteiger partial charge is 0.315 e. The number of nitrogens with one attached hydrogen (secondary N) is 3. The number of ether oxygens (including phenoxy) is 1. The van der Waals surface area contributed by atoms with Gasteiger partial charge in [-0.05, 0) is 6.92 Å². The van der Waals surface area contributed by atoms with Crippen LogP contribution in [0.25, 0.3) is 0 Å². The van der Waals surface area contributed by atoms with Gasteiger partial charge in [0.15, 0.2) is 0 Å². The molecule has 0 saturated carbocycles. The molecule has 0 aromatic heterocycles. The van der Waals surface area contributed by atoms with Crippen LogP contribution in [0.3, 0.4) is 0 Å². The van der Waals surface area contributed by atoms with E-state index in [2.05, 4.69) is 16.0 Å². The molecule has 2 atom stereocenters. The first-order valence-electron chi connectivity index (χ1n) is 4.55. The molecule has 0 aliphatic carbocycles. The monoisotopic (exact) mass is 187 g/mol. The average molecular weight is 187 g/mol. The highest BCUT2D eigenvalue weighted by Gasteiger charge is 2.27. The van der Waals surface area contributed by atoms with Gasteiger partial charge in [0.1, 0.15) is 0 Å². The molecule has 76 valence electrons. The van der Waals surface area contributed by atoms with Crippen molar-refractivity contribution in [3.8, 4) is 0 Å². The summed E-state index contributed by atoms with van der Waals surface area (Å²) in [5.41, 5.74) is 0. The molecule has 5 nitrogen and oxygen atoms in total. The summed E-state index contributed by atoms with van der Waals surface area (Å²) in [7, 11) is 1.66. The molecule has 13 heavy (non-hydrogen) atoms. The van der Waals surface area contributed by atoms with Gasteiger partial charge in [0.25, 0.3) is 0 Å². The van der Waals surface area contributed by atoms with E-state index in [1.807, 2.05) is 6.92 Å². The average Bonchev–Trinajstić information content (AvgIpc) is 2.52. The number of carbonyl (C=O) groups is 1. The summed E-state index contributed by atoms with van der Waals surface area (Å²) in [5.74, 6) is 0. The van der Waals surface area contributed by atoms with E-state index in [1.165, 1.54) is 0 Å². The van der Waals surface area contributed by atoms with Gasteiger partial charge in [-0.1, -0.05) is 0 Å². The molecule has 0 radical (unpaired) electrons. The van der Waals surface area contributed by atoms with Gasteiger partial charge in [-0.15, -0.1) is 0 Å². The maximum atomic E-state index is 11.2. The number of hydrogen-bond donors (Lipinski definition) is 3. The predicted octanol–water partition coefficient (Wildman–Crippen LogP) is -0.708. The Bertz CT molecular complexity index is 175. The Hall–Kier alpha value is -0.810. The van der Waals surface area contributed by atoms with Crippen molar-refractivity contribution in [2.75, 3.05) is 26.7 Å². The summed E-state index contributed by atoms with van der Waals surface area (Å²) in [5, 5.41) is 8.68. The summed E-state index contributed by atoms with van der Waals surface area (Å²) in [4.78, 5) is 11.2. The lowest BCUT2D eigenvalue weighted by atomic mass is 10.2. The van der Waals surface area contributed by atoms with Crippen molar-refractivity contribution in [1.82, 2.24) is 16.0 Å². The molecular formula is C8H17N3O2. The molecule has 0 aromatic carbocycles. The molecule has 0 aromatic rings. The lowest BCUT2D eigenvalue weighted by Gasteiger charge is -2.18. The van der Waals surface area contributed by atoms with Crippen LogP contribution < -0.4 is 16.0 Å². The Morgan fingerprint density at radius 1 is 1.62 bits per heavy atom. The number of rotatable bonds is 3. The zero-order valence-corrected chi connectivity index (χ0v) is 8.09. The topological polar surface area (TPSA) is 62.4 Å². The van der Waals surface area contributed by atoms with Crippen molar-refractivity contribution >= 4 is 6.03 Å². The highest BCUT2D eigenvalue weighted by molar-refractivity contribution is 5.74. The molecule has 5 heteroatoms. The molecule has 1 heterocycles. The van der Waals surface area contributed by atoms with E-state index in [4.69, 9.17) is 4.74 Å². The molecule has 1 saturated heterocycles. The lowest BCUT2D eigenvalue weighted by molar-refractivity contribution is 0.0984. The Balaban J connectivity index is 2.30. The van der Waals surface area contributed by atoms with Gasteiger partial charge in [-0.3, -0.25) is 0 Å². The van der Waals surface area contributed by atoms with Crippen LogP contribution in [0.4, 0.5) is 4.79 Å². The number of methoxy groups -OCH3 is 1. The van der Waals surface area contributed by atoms with E-state index in [0.717, 1.165) is 13.1 Å². The van der Waals surface area contributed by atoms with Gasteiger partial charge in [-0.25, -0.2) is 4.79 Å². The Kier molecular flexibility index (Phi) is 3.98. The maximum absolute atomic E-state index is 11.2. The van der Waals surface area contributed by atoms with E-state index in [0.29, 0.717) is 6.54 Å². The molecule has 0 bridgehead atoms. The Morgan fingerprint density at radius 2 is 2.38 bits per heavy atom. The van der Waals surface area contributed by atoms with Crippen molar-refractivity contribution < 1.29 is 9.53 Å². The van der Waals surface area contributed by atoms with E-state index >= 15 is 0 Å². The van der Waals surface area contributed by atoms with Gasteiger partial charge in [-0.2, -0.15) is 0 Å². The van der Waals surface area contributed by atoms with Crippen LogP contribution in [0.15, 0.2) is 0 Å². The summed E-state index contributed by atoms with van der Waals surface area (Å²) in [6.45, 7) is 4.10. The molecule has 1 fully saturated rings. The normalized spacial score (nSPS) is 27.2. The quantitative estimate of drug-likeness (QED) is 0.547. The summed E-state index contributed by atoms with van der Waals surface area (Å²) in [6.07, 6.45) is 0.0857. The fourth-order valence-corrected chi connectivity index (χ4v) is 1.43. The molecule has 1 aliphatic heterocycles. The predicted molar refractivity (Wildman–Crippen MR) is 49.7 cm³/mol. The zero-order valence-electron chi connectivity index (χ0n) is 8.09. The van der Waals surface area contributed by atoms with Gasteiger partial charge in [0.05, 0.1) is 12.1 Å². The SMILES string of the molecule is CCNC(=O)N[C@@H]1CNC[C@H]1OC. The molecular weight excluding hydrogens is 170 g/mol. The maximum Gasteiger partial charge on any atom is 0.315 e. The van der Waals surface area contributed by atoms with E-state index in [9.17, 15) is 4.79 Å². The largest absolute Gasteiger partial charge is 0.378 e. The minimum atomic E-state index is -0.127. The second-order valence-electron chi connectivity index (χ2n) is 3.04. The van der Waals surface area contributed by atoms with Crippen LogP contribution in [0.5, 0.6) is 0 Å². The molecule has 0 unspecified atom stereocenters. The Morgan fingerprint density at radius 3 is 3.00 bits per heavy atom. The molecule has 1 aliphatic rings. The minimum absolute atomic E-state index is 0.0801. The molecule has 3 N–H and O–H groups in total. The van der Waals surface area contributed by atoms with Crippen LogP contribution in [0.1, 0.15) is 6.92 Å². The lowest BCUT2D eigenvalue weighted by Crippen LogP contribution is -2.47. The fourth-order valence-electron chi connectivity index (χ4n) is 1.43. The van der Waals surface area contributed by atoms with Crippen LogP contribution in [0.2, 0.25) is 0 Å². The van der Waals surface area contributed by atoms with Crippen molar-refractivity contribution in [3.63, 3.8) is 0 Å². The second-order valence-corrected chi connectivity index (χ2v) is 3.04. The van der Waals surface area contributed by atoms with Crippen molar-refractivity contribution in [2.45, 2.75) is 19.1 Å². The summed E-state index contributed by atoms with van der Waals surface area (Å²) >= 11 is 0. The van der Waals surface area contributed by atoms with Crippen LogP contribution in [-0.2, 0) is 4.74 Å². The number of urea groups is 1. The van der Waals surface area contributed by atoms with Crippen molar-refractivity contribution in [3.05, 3.63) is 0 Å². The first kappa shape index (κ1) is 10.3. The standard InChI is InChI=1S/C8H17N3O2/c1-3-10-8(12)11-6-4-9-5-7(6)13-2/h6-7,9H,3-5H2,1-2H3,(H2,10,11,12)/t6-,7-/m1/s1. The number of hydrogen-bond acceptors (Lipinski definition) is 3. The summed E-state index contributed by atoms with van der Waals surface area (Å²) < 4.78 is 5.20. The first-order chi connectivity index (χ1) is 6.27. The zero-order chi connectivity index (χ0) is 9.68. The van der Waals surface area contributed by atoms with E-state index in [1.54, 1.807) is 7.11 Å². The van der Waals surface area contributed by atoms with Crippen LogP contribution in [0, 0.1) is 0 Å². The third-order valence-electron chi connectivity index (χ3n) is 2.12. The molecule has 2 amide bonds. The van der Waals surface area contributed by atoms with E-state index < -0.39 is 0 Å². The molecule has 1 rings (SSSR count). The van der Waals surface area contributed by atoms with E-state index in [-0.39, 0.29) is 18.2 Å². The third kappa shape index (κ3) is 2.86. The Labute approximate surface area is 78.2 Å². The van der Waals surface area contributed by atoms with Gasteiger partial charge < -0.3 is 20.7 Å². The van der Waals surface area contributed by atoms with Crippen LogP contribution >= 0.6 is 0 Å². The van der Waals surface area contributed by atoms with Crippen LogP contribution in [-0.4, -0.2) is 44.9 Å². The second kappa shape index (κ2) is 5.04. The highest BCUT2D eigenvalue weighted by Crippen LogP contribution is 2.02. The molecule has 0 spiro atoms. The van der Waals surface area contributed by atoms with Gasteiger partial charge in [0.2, 0.25) is 0 Å². The highest BCUT2D eigenvalue weighted by atomic mass is 16.5. The van der Waals surface area contributed by atoms with Gasteiger partial charge in [0, 0.05) is 26.7 Å². The van der Waals surface area contributed by atoms with Crippen molar-refractivity contribution in [1.29, 1.82) is 0 Å². The fraction of sp³-hybridized carbons (Fsp3) is 0.875. The number of carbonyl (C=O) groups excluding carboxylic acids is 1. The minimum Gasteiger partial charge on any atom is -0.378 e. The number of amides is 2. The third-order valence-corrected chi connectivity index (χ3v) is 2.12. The van der Waals surface area contributed by atoms with Crippen molar-refractivity contribution in [2.24, 2.45) is 0 Å². The first-order valence-corrected chi connectivity index (χ1v) is 4.55. The van der Waals surface area contributed by atoms with Gasteiger partial charge >= 0.3 is 6.03 Å². The summed E-state index contributed by atoms with van der Waals surface area (Å²) in [6, 6.07) is -0.0465.